The summed E-state index contributed by atoms with van der Waals surface area (Å²) in [6.45, 7) is 2.44. The maximum Gasteiger partial charge on any atom is 0.184 e. The van der Waals surface area contributed by atoms with Gasteiger partial charge in [0.15, 0.2) is 5.78 Å². The van der Waals surface area contributed by atoms with Gasteiger partial charge in [0.2, 0.25) is 0 Å². The van der Waals surface area contributed by atoms with E-state index in [1.54, 1.807) is 0 Å². The minimum absolute atomic E-state index is 0.109. The molecule has 2 nitrogen and oxygen atoms in total. The zero-order valence-corrected chi connectivity index (χ0v) is 14.7. The Hall–Kier alpha value is -0.910. The molecular weight excluding hydrogens is 402 g/mol. The molecule has 0 amide bonds. The molecule has 0 fully saturated rings. The lowest BCUT2D eigenvalue weighted by Crippen LogP contribution is -2.09. The van der Waals surface area contributed by atoms with Crippen LogP contribution in [0.2, 0.25) is 0 Å². The summed E-state index contributed by atoms with van der Waals surface area (Å²) in [7, 11) is 0. The number of nitrogens with zero attached hydrogens (tertiary/aromatic N) is 1. The molecular formula is C15H11Br2NOS. The van der Waals surface area contributed by atoms with Crippen molar-refractivity contribution in [2.45, 2.75) is 13.5 Å². The minimum Gasteiger partial charge on any atom is -0.340 e. The van der Waals surface area contributed by atoms with Crippen LogP contribution in [0.15, 0.2) is 44.1 Å². The highest BCUT2D eigenvalue weighted by atomic mass is 79.9. The molecule has 0 aliphatic rings. The Bertz CT molecular complexity index is 803. The molecule has 0 unspecified atom stereocenters. The van der Waals surface area contributed by atoms with Crippen LogP contribution in [0.4, 0.5) is 0 Å². The first-order valence-corrected chi connectivity index (χ1v) is 8.49. The lowest BCUT2D eigenvalue weighted by molar-refractivity contribution is 0.0973. The van der Waals surface area contributed by atoms with E-state index in [2.05, 4.69) is 50.9 Å². The second-order valence-electron chi connectivity index (χ2n) is 4.61. The second-order valence-corrected chi connectivity index (χ2v) is 8.36. The van der Waals surface area contributed by atoms with Gasteiger partial charge in [0, 0.05) is 22.7 Å². The third-order valence-electron chi connectivity index (χ3n) is 3.30. The van der Waals surface area contributed by atoms with Gasteiger partial charge >= 0.3 is 0 Å². The predicted molar refractivity (Wildman–Crippen MR) is 90.7 cm³/mol. The number of rotatable bonds is 3. The molecule has 1 aromatic carbocycles. The number of carbonyl (C=O) groups is 1. The molecule has 3 rings (SSSR count). The van der Waals surface area contributed by atoms with Crippen molar-refractivity contribution < 1.29 is 4.79 Å². The maximum absolute atomic E-state index is 12.4. The van der Waals surface area contributed by atoms with Crippen LogP contribution in [0.25, 0.3) is 10.9 Å². The van der Waals surface area contributed by atoms with E-state index in [-0.39, 0.29) is 5.78 Å². The van der Waals surface area contributed by atoms with Gasteiger partial charge in [0.25, 0.3) is 0 Å². The number of ketones is 1. The third kappa shape index (κ3) is 2.50. The standard InChI is InChI=1S/C15H11Br2NOS/c1-9-3-2-4-12-10(9)5-6-18(12)8-13(19)11-7-14(16)20-15(11)17/h2-7H,8H2,1H3. The van der Waals surface area contributed by atoms with Crippen molar-refractivity contribution in [3.63, 3.8) is 0 Å². The Kier molecular flexibility index (Phi) is 3.84. The summed E-state index contributed by atoms with van der Waals surface area (Å²) in [6, 6.07) is 10.1. The van der Waals surface area contributed by atoms with Crippen LogP contribution in [-0.4, -0.2) is 10.4 Å². The van der Waals surface area contributed by atoms with Gasteiger partial charge in [-0.1, -0.05) is 12.1 Å². The average Bonchev–Trinajstić information content (AvgIpc) is 2.94. The zero-order valence-electron chi connectivity index (χ0n) is 10.7. The number of hydrogen-bond acceptors (Lipinski definition) is 2. The van der Waals surface area contributed by atoms with Gasteiger partial charge in [-0.2, -0.15) is 0 Å². The first kappa shape index (κ1) is 14.0. The van der Waals surface area contributed by atoms with Crippen LogP contribution in [0, 0.1) is 6.92 Å². The topological polar surface area (TPSA) is 22.0 Å². The molecule has 0 aliphatic heterocycles. The normalized spacial score (nSPS) is 11.2. The lowest BCUT2D eigenvalue weighted by Gasteiger charge is -2.05. The second kappa shape index (κ2) is 5.47. The van der Waals surface area contributed by atoms with Crippen molar-refractivity contribution in [3.8, 4) is 0 Å². The number of fused-ring (bicyclic) bond motifs is 1. The van der Waals surface area contributed by atoms with Crippen molar-refractivity contribution in [2.24, 2.45) is 0 Å². The summed E-state index contributed by atoms with van der Waals surface area (Å²) in [5.41, 5.74) is 3.06. The first-order chi connectivity index (χ1) is 9.56. The number of thiophene rings is 1. The SMILES string of the molecule is Cc1cccc2c1ccn2CC(=O)c1cc(Br)sc1Br. The number of Topliss-reactive ketones (excluding diaryl/α,β-unsaturated/α-hetero) is 1. The van der Waals surface area contributed by atoms with Gasteiger partial charge in [-0.25, -0.2) is 0 Å². The largest absolute Gasteiger partial charge is 0.340 e. The fourth-order valence-corrected chi connectivity index (χ4v) is 5.14. The molecule has 2 heterocycles. The number of hydrogen-bond donors (Lipinski definition) is 0. The van der Waals surface area contributed by atoms with Crippen LogP contribution in [0.3, 0.4) is 0 Å². The fraction of sp³-hybridized carbons (Fsp3) is 0.133. The van der Waals surface area contributed by atoms with Gasteiger partial charge in [0.05, 0.1) is 14.1 Å². The van der Waals surface area contributed by atoms with Crippen LogP contribution in [0.5, 0.6) is 0 Å². The molecule has 0 aliphatic carbocycles. The fourth-order valence-electron chi connectivity index (χ4n) is 2.29. The summed E-state index contributed by atoms with van der Waals surface area (Å²) in [6.07, 6.45) is 1.98. The number of halogens is 2. The van der Waals surface area contributed by atoms with E-state index in [1.165, 1.54) is 22.3 Å². The number of carbonyl (C=O) groups excluding carboxylic acids is 1. The number of benzene rings is 1. The molecule has 0 saturated heterocycles. The van der Waals surface area contributed by atoms with Crippen molar-refractivity contribution in [3.05, 3.63) is 55.2 Å². The molecule has 0 atom stereocenters. The van der Waals surface area contributed by atoms with Gasteiger partial charge < -0.3 is 4.57 Å². The Morgan fingerprint density at radius 1 is 1.30 bits per heavy atom. The van der Waals surface area contributed by atoms with Gasteiger partial charge in [-0.15, -0.1) is 11.3 Å². The van der Waals surface area contributed by atoms with Crippen molar-refractivity contribution >= 4 is 59.9 Å². The summed E-state index contributed by atoms with van der Waals surface area (Å²) >= 11 is 8.37. The minimum atomic E-state index is 0.109. The van der Waals surface area contributed by atoms with Crippen LogP contribution >= 0.6 is 43.2 Å². The van der Waals surface area contributed by atoms with Crippen LogP contribution in [0.1, 0.15) is 15.9 Å². The van der Waals surface area contributed by atoms with E-state index in [1.807, 2.05) is 29.0 Å². The number of aromatic nitrogens is 1. The van der Waals surface area contributed by atoms with E-state index >= 15 is 0 Å². The molecule has 0 saturated carbocycles. The smallest absolute Gasteiger partial charge is 0.184 e. The lowest BCUT2D eigenvalue weighted by atomic mass is 10.1. The van der Waals surface area contributed by atoms with E-state index in [4.69, 9.17) is 0 Å². The molecule has 0 bridgehead atoms. The highest BCUT2D eigenvalue weighted by Gasteiger charge is 2.15. The Balaban J connectivity index is 1.96. The number of aryl methyl sites for hydroxylation is 1. The van der Waals surface area contributed by atoms with Gasteiger partial charge in [-0.3, -0.25) is 4.79 Å². The molecule has 0 N–H and O–H groups in total. The van der Waals surface area contributed by atoms with Crippen molar-refractivity contribution in [1.82, 2.24) is 4.57 Å². The zero-order chi connectivity index (χ0) is 14.3. The Labute approximate surface area is 137 Å². The van der Waals surface area contributed by atoms with E-state index in [0.717, 1.165) is 18.7 Å². The van der Waals surface area contributed by atoms with Crippen LogP contribution in [-0.2, 0) is 6.54 Å². The first-order valence-electron chi connectivity index (χ1n) is 6.09. The molecule has 5 heteroatoms. The molecule has 2 aromatic heterocycles. The molecule has 3 aromatic rings. The monoisotopic (exact) mass is 411 g/mol. The molecule has 20 heavy (non-hydrogen) atoms. The van der Waals surface area contributed by atoms with E-state index in [0.29, 0.717) is 6.54 Å². The highest BCUT2D eigenvalue weighted by molar-refractivity contribution is 9.12. The predicted octanol–water partition coefficient (Wildman–Crippen LogP) is 5.42. The summed E-state index contributed by atoms with van der Waals surface area (Å²) in [5, 5.41) is 1.20. The summed E-state index contributed by atoms with van der Waals surface area (Å²) in [4.78, 5) is 12.4. The van der Waals surface area contributed by atoms with Crippen molar-refractivity contribution in [2.75, 3.05) is 0 Å². The summed E-state index contributed by atoms with van der Waals surface area (Å²) < 4.78 is 3.84. The maximum atomic E-state index is 12.4. The molecule has 0 radical (unpaired) electrons. The molecule has 0 spiro atoms. The van der Waals surface area contributed by atoms with Crippen LogP contribution < -0.4 is 0 Å². The van der Waals surface area contributed by atoms with E-state index < -0.39 is 0 Å². The molecule has 102 valence electrons. The highest BCUT2D eigenvalue weighted by Crippen LogP contribution is 2.32. The third-order valence-corrected chi connectivity index (χ3v) is 5.64. The van der Waals surface area contributed by atoms with Gasteiger partial charge in [0.1, 0.15) is 0 Å². The van der Waals surface area contributed by atoms with E-state index in [9.17, 15) is 4.79 Å². The average molecular weight is 413 g/mol. The quantitative estimate of drug-likeness (QED) is 0.526. The Morgan fingerprint density at radius 3 is 2.80 bits per heavy atom. The summed E-state index contributed by atoms with van der Waals surface area (Å²) in [5.74, 6) is 0.109. The van der Waals surface area contributed by atoms with Gasteiger partial charge in [-0.05, 0) is 62.5 Å². The van der Waals surface area contributed by atoms with Crippen molar-refractivity contribution in [1.29, 1.82) is 0 Å². The Morgan fingerprint density at radius 2 is 2.10 bits per heavy atom.